The van der Waals surface area contributed by atoms with E-state index in [1.807, 2.05) is 51.8 Å². The van der Waals surface area contributed by atoms with Crippen molar-refractivity contribution in [2.75, 3.05) is 0 Å². The number of rotatable bonds is 7. The number of imidazole rings is 1. The van der Waals surface area contributed by atoms with Crippen molar-refractivity contribution in [2.24, 2.45) is 0 Å². The summed E-state index contributed by atoms with van der Waals surface area (Å²) in [5.74, 6) is 0. The monoisotopic (exact) mass is 359 g/mol. The molecule has 0 amide bonds. The number of benzene rings is 1. The number of aromatic nitrogens is 5. The van der Waals surface area contributed by atoms with Crippen LogP contribution in [-0.2, 0) is 19.5 Å². The lowest BCUT2D eigenvalue weighted by molar-refractivity contribution is 0.155. The summed E-state index contributed by atoms with van der Waals surface area (Å²) in [6, 6.07) is 15.8. The van der Waals surface area contributed by atoms with Crippen LogP contribution in [0.2, 0.25) is 0 Å². The molecule has 3 heterocycles. The molecular formula is C21H21N5O. The average molecular weight is 359 g/mol. The molecule has 6 heteroatoms. The van der Waals surface area contributed by atoms with Gasteiger partial charge in [-0.2, -0.15) is 5.10 Å². The smallest absolute Gasteiger partial charge is 0.0984 e. The molecule has 4 rings (SSSR count). The summed E-state index contributed by atoms with van der Waals surface area (Å²) >= 11 is 0. The fourth-order valence-electron chi connectivity index (χ4n) is 3.18. The molecule has 27 heavy (non-hydrogen) atoms. The second-order valence-corrected chi connectivity index (χ2v) is 6.38. The SMILES string of the molecule is O[C@H](Cn1cnc(-c2ccccc2)c1CCn1cccn1)c1cccnc1. The quantitative estimate of drug-likeness (QED) is 0.550. The van der Waals surface area contributed by atoms with E-state index in [9.17, 15) is 5.11 Å². The van der Waals surface area contributed by atoms with Crippen LogP contribution in [0.15, 0.2) is 79.6 Å². The Morgan fingerprint density at radius 2 is 1.89 bits per heavy atom. The Bertz CT molecular complexity index is 965. The van der Waals surface area contributed by atoms with Crippen LogP contribution in [-0.4, -0.2) is 29.4 Å². The van der Waals surface area contributed by atoms with Crippen LogP contribution < -0.4 is 0 Å². The van der Waals surface area contributed by atoms with Gasteiger partial charge in [0.1, 0.15) is 0 Å². The first-order chi connectivity index (χ1) is 13.3. The zero-order valence-corrected chi connectivity index (χ0v) is 14.9. The van der Waals surface area contributed by atoms with E-state index in [0.29, 0.717) is 6.54 Å². The molecule has 0 fully saturated rings. The van der Waals surface area contributed by atoms with E-state index in [4.69, 9.17) is 0 Å². The molecule has 0 saturated carbocycles. The maximum absolute atomic E-state index is 10.6. The van der Waals surface area contributed by atoms with Gasteiger partial charge in [0.05, 0.1) is 24.7 Å². The van der Waals surface area contributed by atoms with Crippen molar-refractivity contribution in [3.63, 3.8) is 0 Å². The molecule has 0 spiro atoms. The fraction of sp³-hybridized carbons (Fsp3) is 0.190. The summed E-state index contributed by atoms with van der Waals surface area (Å²) in [6.07, 6.45) is 9.07. The van der Waals surface area contributed by atoms with Crippen molar-refractivity contribution in [1.82, 2.24) is 24.3 Å². The number of aliphatic hydroxyl groups is 1. The molecule has 1 aromatic carbocycles. The van der Waals surface area contributed by atoms with Gasteiger partial charge in [-0.15, -0.1) is 0 Å². The van der Waals surface area contributed by atoms with Gasteiger partial charge in [0.15, 0.2) is 0 Å². The van der Waals surface area contributed by atoms with E-state index in [2.05, 4.69) is 27.2 Å². The van der Waals surface area contributed by atoms with Crippen molar-refractivity contribution in [2.45, 2.75) is 25.6 Å². The van der Waals surface area contributed by atoms with Crippen molar-refractivity contribution in [3.05, 3.63) is 90.9 Å². The third kappa shape index (κ3) is 3.96. The van der Waals surface area contributed by atoms with Gasteiger partial charge in [0.2, 0.25) is 0 Å². The molecular weight excluding hydrogens is 338 g/mol. The Hall–Kier alpha value is -3.25. The predicted molar refractivity (Wildman–Crippen MR) is 103 cm³/mol. The van der Waals surface area contributed by atoms with Crippen LogP contribution in [0.3, 0.4) is 0 Å². The highest BCUT2D eigenvalue weighted by atomic mass is 16.3. The lowest BCUT2D eigenvalue weighted by Gasteiger charge is -2.15. The molecule has 136 valence electrons. The minimum atomic E-state index is -0.639. The molecule has 3 aromatic heterocycles. The summed E-state index contributed by atoms with van der Waals surface area (Å²) in [7, 11) is 0. The molecule has 0 bridgehead atoms. The lowest BCUT2D eigenvalue weighted by atomic mass is 10.1. The lowest BCUT2D eigenvalue weighted by Crippen LogP contribution is -2.13. The van der Waals surface area contributed by atoms with Crippen molar-refractivity contribution < 1.29 is 5.11 Å². The van der Waals surface area contributed by atoms with Crippen molar-refractivity contribution >= 4 is 0 Å². The van der Waals surface area contributed by atoms with Crippen LogP contribution in [0.1, 0.15) is 17.4 Å². The summed E-state index contributed by atoms with van der Waals surface area (Å²) < 4.78 is 3.94. The number of hydrogen-bond acceptors (Lipinski definition) is 4. The van der Waals surface area contributed by atoms with Gasteiger partial charge >= 0.3 is 0 Å². The van der Waals surface area contributed by atoms with Gasteiger partial charge in [0, 0.05) is 54.6 Å². The third-order valence-electron chi connectivity index (χ3n) is 4.57. The average Bonchev–Trinajstić information content (AvgIpc) is 3.37. The van der Waals surface area contributed by atoms with Crippen LogP contribution >= 0.6 is 0 Å². The Morgan fingerprint density at radius 3 is 2.63 bits per heavy atom. The minimum Gasteiger partial charge on any atom is -0.386 e. The zero-order valence-electron chi connectivity index (χ0n) is 14.9. The fourth-order valence-corrected chi connectivity index (χ4v) is 3.18. The van der Waals surface area contributed by atoms with Crippen molar-refractivity contribution in [1.29, 1.82) is 0 Å². The molecule has 0 aliphatic heterocycles. The summed E-state index contributed by atoms with van der Waals surface area (Å²) in [5, 5.41) is 14.9. The maximum Gasteiger partial charge on any atom is 0.0984 e. The van der Waals surface area contributed by atoms with Gasteiger partial charge < -0.3 is 9.67 Å². The molecule has 1 N–H and O–H groups in total. The molecule has 0 unspecified atom stereocenters. The largest absolute Gasteiger partial charge is 0.386 e. The Balaban J connectivity index is 1.63. The molecule has 6 nitrogen and oxygen atoms in total. The van der Waals surface area contributed by atoms with E-state index in [-0.39, 0.29) is 0 Å². The van der Waals surface area contributed by atoms with E-state index in [0.717, 1.165) is 35.5 Å². The third-order valence-corrected chi connectivity index (χ3v) is 4.57. The number of pyridine rings is 1. The van der Waals surface area contributed by atoms with Crippen molar-refractivity contribution in [3.8, 4) is 11.3 Å². The highest BCUT2D eigenvalue weighted by molar-refractivity contribution is 5.61. The molecule has 1 atom stereocenters. The first-order valence-corrected chi connectivity index (χ1v) is 8.96. The second-order valence-electron chi connectivity index (χ2n) is 6.38. The van der Waals surface area contributed by atoms with Crippen LogP contribution in [0.5, 0.6) is 0 Å². The van der Waals surface area contributed by atoms with Gasteiger partial charge in [-0.25, -0.2) is 4.98 Å². The van der Waals surface area contributed by atoms with Crippen LogP contribution in [0.4, 0.5) is 0 Å². The molecule has 4 aromatic rings. The van der Waals surface area contributed by atoms with Crippen LogP contribution in [0, 0.1) is 0 Å². The molecule has 0 saturated heterocycles. The Morgan fingerprint density at radius 1 is 1.00 bits per heavy atom. The first-order valence-electron chi connectivity index (χ1n) is 8.96. The molecule has 0 aliphatic rings. The highest BCUT2D eigenvalue weighted by Crippen LogP contribution is 2.25. The predicted octanol–water partition coefficient (Wildman–Crippen LogP) is 3.12. The minimum absolute atomic E-state index is 0.431. The second kappa shape index (κ2) is 7.97. The maximum atomic E-state index is 10.6. The number of nitrogens with zero attached hydrogens (tertiary/aromatic N) is 5. The van der Waals surface area contributed by atoms with E-state index in [1.54, 1.807) is 24.9 Å². The standard InChI is InChI=1S/C21H21N5O/c27-20(18-8-4-10-22-14-18)15-25-16-23-21(17-6-2-1-3-7-17)19(25)9-13-26-12-5-11-24-26/h1-8,10-12,14,16,20,27H,9,13,15H2/t20-/m1/s1. The van der Waals surface area contributed by atoms with Gasteiger partial charge in [-0.3, -0.25) is 9.67 Å². The van der Waals surface area contributed by atoms with Gasteiger partial charge in [0.25, 0.3) is 0 Å². The summed E-state index contributed by atoms with van der Waals surface area (Å²) in [5.41, 5.74) is 3.90. The normalized spacial score (nSPS) is 12.2. The number of aliphatic hydroxyl groups excluding tert-OH is 1. The molecule has 0 radical (unpaired) electrons. The summed E-state index contributed by atoms with van der Waals surface area (Å²) in [6.45, 7) is 1.18. The van der Waals surface area contributed by atoms with E-state index < -0.39 is 6.10 Å². The topological polar surface area (TPSA) is 68.8 Å². The Kier molecular flexibility index (Phi) is 5.07. The van der Waals surface area contributed by atoms with E-state index >= 15 is 0 Å². The summed E-state index contributed by atoms with van der Waals surface area (Å²) in [4.78, 5) is 8.74. The first kappa shape index (κ1) is 17.2. The zero-order chi connectivity index (χ0) is 18.5. The highest BCUT2D eigenvalue weighted by Gasteiger charge is 2.16. The van der Waals surface area contributed by atoms with E-state index in [1.165, 1.54) is 0 Å². The van der Waals surface area contributed by atoms with Gasteiger partial charge in [-0.05, 0) is 12.1 Å². The Labute approximate surface area is 157 Å². The number of aryl methyl sites for hydroxylation is 1. The van der Waals surface area contributed by atoms with Crippen LogP contribution in [0.25, 0.3) is 11.3 Å². The van der Waals surface area contributed by atoms with Gasteiger partial charge in [-0.1, -0.05) is 36.4 Å². The number of hydrogen-bond donors (Lipinski definition) is 1. The molecule has 0 aliphatic carbocycles.